The molecule has 2 saturated heterocycles. The van der Waals surface area contributed by atoms with Gasteiger partial charge in [-0.1, -0.05) is 48.3 Å². The zero-order valence-corrected chi connectivity index (χ0v) is 22.4. The van der Waals surface area contributed by atoms with Gasteiger partial charge >= 0.3 is 0 Å². The Kier molecular flexibility index (Phi) is 6.81. The third kappa shape index (κ3) is 4.56. The lowest BCUT2D eigenvalue weighted by molar-refractivity contribution is -0.126. The smallest absolute Gasteiger partial charge is 0.266 e. The van der Waals surface area contributed by atoms with Crippen LogP contribution in [-0.4, -0.2) is 24.5 Å². The normalized spacial score (nSPS) is 20.5. The number of imide groups is 1. The maximum Gasteiger partial charge on any atom is 0.266 e. The topological polar surface area (TPSA) is 72.2 Å². The summed E-state index contributed by atoms with van der Waals surface area (Å²) < 4.78 is 11.9. The number of hydrogen-bond donors (Lipinski definition) is 0. The Morgan fingerprint density at radius 3 is 2.36 bits per heavy atom. The van der Waals surface area contributed by atoms with Crippen molar-refractivity contribution in [1.82, 2.24) is 0 Å². The summed E-state index contributed by atoms with van der Waals surface area (Å²) in [6.07, 6.45) is -0.129. The van der Waals surface area contributed by atoms with Crippen LogP contribution in [0.25, 0.3) is 11.3 Å². The molecule has 7 nitrogen and oxygen atoms in total. The van der Waals surface area contributed by atoms with Crippen LogP contribution in [0.5, 0.6) is 5.75 Å². The molecule has 4 aromatic rings. The molecule has 9 heteroatoms. The molecule has 3 unspecified atom stereocenters. The van der Waals surface area contributed by atoms with Gasteiger partial charge in [0, 0.05) is 10.6 Å². The van der Waals surface area contributed by atoms with Crippen molar-refractivity contribution in [3.8, 4) is 17.1 Å². The second-order valence-corrected chi connectivity index (χ2v) is 10.2. The third-order valence-corrected chi connectivity index (χ3v) is 7.36. The Bertz CT molecular complexity index is 1520. The lowest BCUT2D eigenvalue weighted by Crippen LogP contribution is -2.37. The molecule has 0 aliphatic carbocycles. The summed E-state index contributed by atoms with van der Waals surface area (Å²) in [5.74, 6) is 0.0427. The molecule has 0 N–H and O–H groups in total. The van der Waals surface area contributed by atoms with Crippen molar-refractivity contribution in [1.29, 1.82) is 0 Å². The molecule has 0 saturated carbocycles. The number of benzene rings is 3. The van der Waals surface area contributed by atoms with Gasteiger partial charge < -0.3 is 9.15 Å². The first-order valence-electron chi connectivity index (χ1n) is 12.6. The first-order valence-corrected chi connectivity index (χ1v) is 13.4. The van der Waals surface area contributed by atoms with Crippen molar-refractivity contribution in [3.05, 3.63) is 101 Å². The molecule has 0 radical (unpaired) electrons. The maximum atomic E-state index is 13.9. The molecule has 3 atom stereocenters. The number of fused-ring (bicyclic) bond motifs is 1. The quantitative estimate of drug-likeness (QED) is 0.224. The summed E-state index contributed by atoms with van der Waals surface area (Å²) in [6.45, 7) is 2.61. The molecular weight excluding hydrogens is 539 g/mol. The van der Waals surface area contributed by atoms with Crippen LogP contribution in [0.1, 0.15) is 25.1 Å². The molecule has 3 heterocycles. The van der Waals surface area contributed by atoms with Crippen molar-refractivity contribution in [2.75, 3.05) is 16.6 Å². The van der Waals surface area contributed by atoms with Crippen molar-refractivity contribution in [2.24, 2.45) is 5.92 Å². The van der Waals surface area contributed by atoms with Gasteiger partial charge in [-0.05, 0) is 73.2 Å². The minimum atomic E-state index is -1.01. The van der Waals surface area contributed by atoms with Gasteiger partial charge in [0.25, 0.3) is 5.91 Å². The van der Waals surface area contributed by atoms with E-state index < -0.39 is 24.0 Å². The van der Waals surface area contributed by atoms with Gasteiger partial charge in [0.1, 0.15) is 29.2 Å². The average molecular weight is 563 g/mol. The van der Waals surface area contributed by atoms with E-state index in [1.54, 1.807) is 59.7 Å². The second kappa shape index (κ2) is 10.4. The minimum Gasteiger partial charge on any atom is -0.494 e. The fourth-order valence-corrected chi connectivity index (χ4v) is 5.52. The van der Waals surface area contributed by atoms with E-state index in [1.807, 2.05) is 37.3 Å². The number of furan rings is 1. The summed E-state index contributed by atoms with van der Waals surface area (Å²) in [4.78, 5) is 34.8. The number of halogens is 2. The lowest BCUT2D eigenvalue weighted by Gasteiger charge is -2.27. The van der Waals surface area contributed by atoms with E-state index in [4.69, 9.17) is 37.2 Å². The Hall–Kier alpha value is -3.78. The summed E-state index contributed by atoms with van der Waals surface area (Å²) in [5.41, 5.74) is 1.82. The Labute approximate surface area is 235 Å². The zero-order valence-electron chi connectivity index (χ0n) is 20.9. The summed E-state index contributed by atoms with van der Waals surface area (Å²) in [5, 5.41) is 2.54. The molecule has 3 aromatic carbocycles. The van der Waals surface area contributed by atoms with Gasteiger partial charge in [-0.15, -0.1) is 0 Å². The number of rotatable bonds is 7. The predicted octanol–water partition coefficient (Wildman–Crippen LogP) is 7.09. The van der Waals surface area contributed by atoms with Gasteiger partial charge in [-0.2, -0.15) is 0 Å². The van der Waals surface area contributed by atoms with E-state index in [1.165, 1.54) is 4.90 Å². The Morgan fingerprint density at radius 2 is 1.64 bits per heavy atom. The zero-order chi connectivity index (χ0) is 27.1. The van der Waals surface area contributed by atoms with Gasteiger partial charge in [0.2, 0.25) is 5.91 Å². The monoisotopic (exact) mass is 562 g/mol. The van der Waals surface area contributed by atoms with Crippen LogP contribution < -0.4 is 14.7 Å². The third-order valence-electron chi connectivity index (χ3n) is 6.81. The van der Waals surface area contributed by atoms with E-state index in [-0.39, 0.29) is 5.91 Å². The van der Waals surface area contributed by atoms with Crippen LogP contribution in [0.2, 0.25) is 10.0 Å². The van der Waals surface area contributed by atoms with Crippen LogP contribution in [0.3, 0.4) is 0 Å². The first kappa shape index (κ1) is 25.5. The second-order valence-electron chi connectivity index (χ2n) is 9.34. The number of para-hydroxylation sites is 1. The molecule has 2 amide bonds. The number of nitrogens with zero attached hydrogens (tertiary/aromatic N) is 2. The SMILES string of the molecule is CCCOc1ccc(N2C(=O)C3ON(c4ccccc4)C(c4ccc(-c5ccc(Cl)cc5Cl)o4)C3C2=O)cc1. The summed E-state index contributed by atoms with van der Waals surface area (Å²) in [7, 11) is 0. The number of hydrogen-bond acceptors (Lipinski definition) is 6. The van der Waals surface area contributed by atoms with E-state index in [0.717, 1.165) is 6.42 Å². The molecule has 0 bridgehead atoms. The number of carbonyl (C=O) groups excluding carboxylic acids is 2. The van der Waals surface area contributed by atoms with Crippen molar-refractivity contribution < 1.29 is 23.6 Å². The highest BCUT2D eigenvalue weighted by Gasteiger charge is 2.61. The highest BCUT2D eigenvalue weighted by Crippen LogP contribution is 2.48. The standard InChI is InChI=1S/C30H24Cl2N2O5/c1-2-16-37-21-11-9-19(10-12-21)33-29(35)26-27(34(39-28(26)30(33)36)20-6-4-3-5-7-20)25-15-14-24(38-25)22-13-8-18(31)17-23(22)32/h3-15,17,26-28H,2,16H2,1H3. The maximum absolute atomic E-state index is 13.9. The molecule has 39 heavy (non-hydrogen) atoms. The first-order chi connectivity index (χ1) is 19.0. The van der Waals surface area contributed by atoms with Gasteiger partial charge in [0.15, 0.2) is 6.10 Å². The van der Waals surface area contributed by atoms with Crippen LogP contribution >= 0.6 is 23.2 Å². The molecule has 1 aromatic heterocycles. The molecule has 2 aliphatic heterocycles. The van der Waals surface area contributed by atoms with Crippen molar-refractivity contribution in [2.45, 2.75) is 25.5 Å². The average Bonchev–Trinajstić information content (AvgIpc) is 3.63. The van der Waals surface area contributed by atoms with Crippen LogP contribution in [0, 0.1) is 5.92 Å². The van der Waals surface area contributed by atoms with E-state index in [0.29, 0.717) is 50.9 Å². The van der Waals surface area contributed by atoms with Gasteiger partial charge in [-0.3, -0.25) is 14.4 Å². The van der Waals surface area contributed by atoms with E-state index in [2.05, 4.69) is 0 Å². The fourth-order valence-electron chi connectivity index (χ4n) is 5.01. The number of carbonyl (C=O) groups is 2. The largest absolute Gasteiger partial charge is 0.494 e. The summed E-state index contributed by atoms with van der Waals surface area (Å²) in [6, 6.07) is 24.3. The van der Waals surface area contributed by atoms with Crippen LogP contribution in [0.15, 0.2) is 89.3 Å². The van der Waals surface area contributed by atoms with Crippen molar-refractivity contribution in [3.63, 3.8) is 0 Å². The van der Waals surface area contributed by atoms with Crippen LogP contribution in [-0.2, 0) is 14.4 Å². The molecule has 0 spiro atoms. The van der Waals surface area contributed by atoms with Crippen molar-refractivity contribution >= 4 is 46.4 Å². The van der Waals surface area contributed by atoms with Crippen LogP contribution in [0.4, 0.5) is 11.4 Å². The molecule has 6 rings (SSSR count). The minimum absolute atomic E-state index is 0.363. The number of ether oxygens (including phenoxy) is 1. The highest BCUT2D eigenvalue weighted by molar-refractivity contribution is 6.36. The Morgan fingerprint density at radius 1 is 0.872 bits per heavy atom. The fraction of sp³-hybridized carbons (Fsp3) is 0.200. The molecular formula is C30H24Cl2N2O5. The molecule has 2 aliphatic rings. The van der Waals surface area contributed by atoms with E-state index in [9.17, 15) is 9.59 Å². The van der Waals surface area contributed by atoms with Gasteiger partial charge in [-0.25, -0.2) is 9.96 Å². The number of amides is 2. The van der Waals surface area contributed by atoms with E-state index >= 15 is 0 Å². The lowest BCUT2D eigenvalue weighted by atomic mass is 9.94. The molecule has 198 valence electrons. The molecule has 2 fully saturated rings. The van der Waals surface area contributed by atoms with Gasteiger partial charge in [0.05, 0.1) is 23.0 Å². The highest BCUT2D eigenvalue weighted by atomic mass is 35.5. The Balaban J connectivity index is 1.36. The predicted molar refractivity (Wildman–Crippen MR) is 149 cm³/mol. The number of hydroxylamine groups is 1. The number of anilines is 2. The summed E-state index contributed by atoms with van der Waals surface area (Å²) >= 11 is 12.5.